The first-order valence-electron chi connectivity index (χ1n) is 10.7. The molecular weight excluding hydrogens is 484 g/mol. The third-order valence-electron chi connectivity index (χ3n) is 5.84. The average Bonchev–Trinajstić information content (AvgIpc) is 2.91. The molecule has 37 heavy (non-hydrogen) atoms. The summed E-state index contributed by atoms with van der Waals surface area (Å²) >= 11 is 0. The fourth-order valence-corrected chi connectivity index (χ4v) is 4.11. The topological polar surface area (TPSA) is 175 Å². The van der Waals surface area contributed by atoms with E-state index in [0.29, 0.717) is 5.56 Å². The molecule has 1 unspecified atom stereocenters. The van der Waals surface area contributed by atoms with Crippen molar-refractivity contribution in [1.29, 1.82) is 5.26 Å². The van der Waals surface area contributed by atoms with Crippen molar-refractivity contribution in [3.8, 4) is 6.07 Å². The van der Waals surface area contributed by atoms with Crippen LogP contribution in [0.1, 0.15) is 27.4 Å². The number of nitro benzene ring substituents is 1. The minimum atomic E-state index is -1.12. The van der Waals surface area contributed by atoms with Crippen LogP contribution in [0.25, 0.3) is 0 Å². The minimum Gasteiger partial charge on any atom is -0.466 e. The van der Waals surface area contributed by atoms with Crippen molar-refractivity contribution in [2.24, 2.45) is 5.73 Å². The van der Waals surface area contributed by atoms with Gasteiger partial charge < -0.3 is 19.9 Å². The smallest absolute Gasteiger partial charge is 0.355 e. The Kier molecular flexibility index (Phi) is 7.58. The molecule has 1 aliphatic rings. The predicted octanol–water partition coefficient (Wildman–Crippen LogP) is 2.59. The van der Waals surface area contributed by atoms with E-state index in [2.05, 4.69) is 0 Å². The number of allylic oxidation sites excluding steroid dienone is 1. The van der Waals surface area contributed by atoms with Crippen molar-refractivity contribution < 1.29 is 33.5 Å². The molecule has 0 amide bonds. The standard InChI is InChI=1S/C25H22N4O8/c1-13-16(23(30)35-2)10-15(11-18(13)29(33)34)28-21(25(32)37-4)20(24(31)36-3)19(17(12-26)22(28)27)14-8-6-5-7-9-14/h5-11,19H,27H2,1-4H3. The highest BCUT2D eigenvalue weighted by molar-refractivity contribution is 6.07. The van der Waals surface area contributed by atoms with Crippen LogP contribution < -0.4 is 10.6 Å². The van der Waals surface area contributed by atoms with Gasteiger partial charge in [0.1, 0.15) is 11.5 Å². The lowest BCUT2D eigenvalue weighted by Crippen LogP contribution is -2.41. The first-order valence-corrected chi connectivity index (χ1v) is 10.7. The van der Waals surface area contributed by atoms with E-state index in [9.17, 15) is 29.8 Å². The van der Waals surface area contributed by atoms with E-state index in [4.69, 9.17) is 19.9 Å². The van der Waals surface area contributed by atoms with Crippen molar-refractivity contribution in [1.82, 2.24) is 0 Å². The van der Waals surface area contributed by atoms with E-state index in [0.717, 1.165) is 32.3 Å². The van der Waals surface area contributed by atoms with E-state index >= 15 is 0 Å². The van der Waals surface area contributed by atoms with Crippen LogP contribution in [0.3, 0.4) is 0 Å². The third kappa shape index (κ3) is 4.57. The van der Waals surface area contributed by atoms with Crippen molar-refractivity contribution in [3.63, 3.8) is 0 Å². The fourth-order valence-electron chi connectivity index (χ4n) is 4.11. The number of ether oxygens (including phenoxy) is 3. The maximum atomic E-state index is 13.1. The van der Waals surface area contributed by atoms with Crippen LogP contribution in [0.2, 0.25) is 0 Å². The summed E-state index contributed by atoms with van der Waals surface area (Å²) in [4.78, 5) is 50.7. The third-order valence-corrected chi connectivity index (χ3v) is 5.84. The van der Waals surface area contributed by atoms with Crippen LogP contribution in [-0.2, 0) is 23.8 Å². The van der Waals surface area contributed by atoms with Gasteiger partial charge in [0.2, 0.25) is 0 Å². The van der Waals surface area contributed by atoms with Crippen LogP contribution in [0.15, 0.2) is 65.1 Å². The van der Waals surface area contributed by atoms with Gasteiger partial charge in [0.15, 0.2) is 0 Å². The summed E-state index contributed by atoms with van der Waals surface area (Å²) < 4.78 is 14.6. The lowest BCUT2D eigenvalue weighted by atomic mass is 9.81. The van der Waals surface area contributed by atoms with Gasteiger partial charge in [-0.3, -0.25) is 15.0 Å². The van der Waals surface area contributed by atoms with E-state index in [1.165, 1.54) is 13.0 Å². The monoisotopic (exact) mass is 506 g/mol. The van der Waals surface area contributed by atoms with Crippen LogP contribution >= 0.6 is 0 Å². The number of carbonyl (C=O) groups excluding carboxylic acids is 3. The van der Waals surface area contributed by atoms with Crippen molar-refractivity contribution >= 4 is 29.3 Å². The highest BCUT2D eigenvalue weighted by Gasteiger charge is 2.43. The summed E-state index contributed by atoms with van der Waals surface area (Å²) in [6.07, 6.45) is 0. The zero-order chi connectivity index (χ0) is 27.4. The van der Waals surface area contributed by atoms with Gasteiger partial charge in [0.25, 0.3) is 5.69 Å². The zero-order valence-corrected chi connectivity index (χ0v) is 20.3. The molecule has 2 aromatic rings. The number of hydrogen-bond acceptors (Lipinski definition) is 11. The number of nitrogens with two attached hydrogens (primary N) is 1. The lowest BCUT2D eigenvalue weighted by molar-refractivity contribution is -0.385. The molecule has 0 radical (unpaired) electrons. The maximum Gasteiger partial charge on any atom is 0.355 e. The molecule has 0 spiro atoms. The number of anilines is 1. The highest BCUT2D eigenvalue weighted by atomic mass is 16.6. The number of benzene rings is 2. The molecule has 190 valence electrons. The Balaban J connectivity index is 2.50. The minimum absolute atomic E-state index is 0.000353. The molecule has 12 nitrogen and oxygen atoms in total. The van der Waals surface area contributed by atoms with Crippen LogP contribution in [0.5, 0.6) is 0 Å². The van der Waals surface area contributed by atoms with E-state index in [1.54, 1.807) is 30.3 Å². The zero-order valence-electron chi connectivity index (χ0n) is 20.3. The Morgan fingerprint density at radius 1 is 1.03 bits per heavy atom. The second-order valence-corrected chi connectivity index (χ2v) is 7.72. The second kappa shape index (κ2) is 10.6. The summed E-state index contributed by atoms with van der Waals surface area (Å²) in [5.41, 5.74) is 5.17. The van der Waals surface area contributed by atoms with E-state index < -0.39 is 40.1 Å². The number of esters is 3. The van der Waals surface area contributed by atoms with Gasteiger partial charge in [0.05, 0.1) is 60.6 Å². The van der Waals surface area contributed by atoms with Gasteiger partial charge in [-0.05, 0) is 18.6 Å². The Hall–Kier alpha value is -5.18. The molecule has 0 aliphatic carbocycles. The fraction of sp³-hybridized carbons (Fsp3) is 0.200. The van der Waals surface area contributed by atoms with Crippen molar-refractivity contribution in [3.05, 3.63) is 91.9 Å². The summed E-state index contributed by atoms with van der Waals surface area (Å²) in [6, 6.07) is 12.6. The van der Waals surface area contributed by atoms with Gasteiger partial charge in [-0.25, -0.2) is 14.4 Å². The van der Waals surface area contributed by atoms with Crippen LogP contribution in [0, 0.1) is 28.4 Å². The van der Waals surface area contributed by atoms with Gasteiger partial charge in [-0.2, -0.15) is 5.26 Å². The number of nitrogens with zero attached hydrogens (tertiary/aromatic N) is 3. The molecule has 1 atom stereocenters. The number of hydrogen-bond donors (Lipinski definition) is 1. The Labute approximate surface area is 211 Å². The number of methoxy groups -OCH3 is 3. The first kappa shape index (κ1) is 26.4. The quantitative estimate of drug-likeness (QED) is 0.264. The van der Waals surface area contributed by atoms with E-state index in [1.807, 2.05) is 6.07 Å². The van der Waals surface area contributed by atoms with Crippen LogP contribution in [0.4, 0.5) is 11.4 Å². The number of rotatable bonds is 6. The Bertz CT molecular complexity index is 1410. The lowest BCUT2D eigenvalue weighted by Gasteiger charge is -2.36. The number of nitro groups is 1. The second-order valence-electron chi connectivity index (χ2n) is 7.72. The summed E-state index contributed by atoms with van der Waals surface area (Å²) in [6.45, 7) is 1.35. The molecule has 0 aromatic heterocycles. The molecule has 0 saturated heterocycles. The summed E-state index contributed by atoms with van der Waals surface area (Å²) in [7, 11) is 3.26. The first-order chi connectivity index (χ1) is 17.6. The van der Waals surface area contributed by atoms with Crippen LogP contribution in [-0.4, -0.2) is 44.2 Å². The molecule has 3 rings (SSSR count). The maximum absolute atomic E-state index is 13.1. The van der Waals surface area contributed by atoms with Gasteiger partial charge in [-0.15, -0.1) is 0 Å². The molecular formula is C25H22N4O8. The van der Waals surface area contributed by atoms with Gasteiger partial charge in [0, 0.05) is 11.6 Å². The van der Waals surface area contributed by atoms with Crippen molar-refractivity contribution in [2.75, 3.05) is 26.2 Å². The molecule has 2 aromatic carbocycles. The molecule has 12 heteroatoms. The summed E-state index contributed by atoms with van der Waals surface area (Å²) in [5.74, 6) is -4.32. The predicted molar refractivity (Wildman–Crippen MR) is 129 cm³/mol. The largest absolute Gasteiger partial charge is 0.466 e. The van der Waals surface area contributed by atoms with Gasteiger partial charge in [-0.1, -0.05) is 30.3 Å². The van der Waals surface area contributed by atoms with Crippen molar-refractivity contribution in [2.45, 2.75) is 12.8 Å². The molecule has 2 N–H and O–H groups in total. The molecule has 0 fully saturated rings. The molecule has 1 aliphatic heterocycles. The molecule has 1 heterocycles. The number of nitriles is 1. The number of carbonyl (C=O) groups is 3. The Morgan fingerprint density at radius 3 is 2.14 bits per heavy atom. The Morgan fingerprint density at radius 2 is 1.62 bits per heavy atom. The molecule has 0 bridgehead atoms. The molecule has 0 saturated carbocycles. The van der Waals surface area contributed by atoms with E-state index in [-0.39, 0.29) is 33.8 Å². The average molecular weight is 506 g/mol. The highest BCUT2D eigenvalue weighted by Crippen LogP contribution is 2.44. The normalized spacial score (nSPS) is 15.1. The SMILES string of the molecule is COC(=O)C1=C(C(=O)OC)N(c2cc(C(=O)OC)c(C)c([N+](=O)[O-])c2)C(N)=C(C#N)C1c1ccccc1. The van der Waals surface area contributed by atoms with Gasteiger partial charge >= 0.3 is 17.9 Å². The summed E-state index contributed by atoms with van der Waals surface area (Å²) in [5, 5.41) is 21.9.